The molecule has 4 heteroatoms. The minimum absolute atomic E-state index is 0.219. The molecule has 0 aliphatic rings. The lowest BCUT2D eigenvalue weighted by molar-refractivity contribution is 0.445. The Morgan fingerprint density at radius 1 is 1.39 bits per heavy atom. The smallest absolute Gasteiger partial charge is 0.125 e. The Morgan fingerprint density at radius 2 is 2.22 bits per heavy atom. The molecule has 0 saturated heterocycles. The fraction of sp³-hybridized carbons (Fsp3) is 0.286. The van der Waals surface area contributed by atoms with Gasteiger partial charge in [0.1, 0.15) is 11.6 Å². The molecule has 1 unspecified atom stereocenters. The molecule has 2 aromatic rings. The minimum atomic E-state index is -0.302. The van der Waals surface area contributed by atoms with Gasteiger partial charge in [-0.1, -0.05) is 18.5 Å². The summed E-state index contributed by atoms with van der Waals surface area (Å²) in [6.07, 6.45) is 2.58. The van der Waals surface area contributed by atoms with Gasteiger partial charge in [0.25, 0.3) is 0 Å². The summed E-state index contributed by atoms with van der Waals surface area (Å²) in [5.41, 5.74) is 0.695. The average Bonchev–Trinajstić information content (AvgIpc) is 2.88. The summed E-state index contributed by atoms with van der Waals surface area (Å²) < 4.78 is 18.8. The third-order valence-electron chi connectivity index (χ3n) is 2.70. The number of benzene rings is 1. The summed E-state index contributed by atoms with van der Waals surface area (Å²) in [6, 6.07) is 7.81. The lowest BCUT2D eigenvalue weighted by Crippen LogP contribution is -2.23. The number of rotatable bonds is 5. The maximum atomic E-state index is 13.4. The zero-order chi connectivity index (χ0) is 13.0. The maximum absolute atomic E-state index is 13.4. The number of hydrogen-bond donors (Lipinski definition) is 1. The Hall–Kier alpha value is -1.32. The third kappa shape index (κ3) is 2.92. The van der Waals surface area contributed by atoms with E-state index in [0.717, 1.165) is 18.7 Å². The molecule has 0 aliphatic heterocycles. The van der Waals surface area contributed by atoms with Crippen LogP contribution in [0.5, 0.6) is 0 Å². The van der Waals surface area contributed by atoms with E-state index >= 15 is 0 Å². The monoisotopic (exact) mass is 267 g/mol. The van der Waals surface area contributed by atoms with Gasteiger partial charge in [0.15, 0.2) is 0 Å². The molecule has 0 spiro atoms. The molecular weight excluding hydrogens is 253 g/mol. The second-order valence-corrected chi connectivity index (χ2v) is 4.48. The quantitative estimate of drug-likeness (QED) is 0.880. The minimum Gasteiger partial charge on any atom is -0.467 e. The molecule has 2 rings (SSSR count). The summed E-state index contributed by atoms with van der Waals surface area (Å²) in [6.45, 7) is 2.87. The molecule has 0 saturated carbocycles. The van der Waals surface area contributed by atoms with Crippen LogP contribution >= 0.6 is 11.6 Å². The van der Waals surface area contributed by atoms with Crippen LogP contribution < -0.4 is 5.32 Å². The van der Waals surface area contributed by atoms with E-state index in [9.17, 15) is 4.39 Å². The molecule has 18 heavy (non-hydrogen) atoms. The van der Waals surface area contributed by atoms with Crippen LogP contribution in [-0.4, -0.2) is 6.54 Å². The molecule has 0 aliphatic carbocycles. The molecule has 0 fully saturated rings. The van der Waals surface area contributed by atoms with Crippen molar-refractivity contribution in [2.24, 2.45) is 0 Å². The van der Waals surface area contributed by atoms with Crippen molar-refractivity contribution >= 4 is 11.6 Å². The lowest BCUT2D eigenvalue weighted by atomic mass is 10.0. The first-order valence-corrected chi connectivity index (χ1v) is 6.32. The Balaban J connectivity index is 2.36. The Bertz CT molecular complexity index is 499. The van der Waals surface area contributed by atoms with Gasteiger partial charge in [-0.3, -0.25) is 0 Å². The highest BCUT2D eigenvalue weighted by Gasteiger charge is 2.19. The van der Waals surface area contributed by atoms with Crippen LogP contribution in [0.15, 0.2) is 41.0 Å². The first-order chi connectivity index (χ1) is 8.72. The molecule has 96 valence electrons. The van der Waals surface area contributed by atoms with Gasteiger partial charge in [0.05, 0.1) is 12.3 Å². The summed E-state index contributed by atoms with van der Waals surface area (Å²) in [5.74, 6) is 0.431. The predicted molar refractivity (Wildman–Crippen MR) is 70.3 cm³/mol. The zero-order valence-corrected chi connectivity index (χ0v) is 10.9. The highest BCUT2D eigenvalue weighted by Crippen LogP contribution is 2.29. The van der Waals surface area contributed by atoms with Crippen LogP contribution in [-0.2, 0) is 0 Å². The van der Waals surface area contributed by atoms with Gasteiger partial charge in [0.2, 0.25) is 0 Å². The van der Waals surface area contributed by atoms with E-state index in [2.05, 4.69) is 12.2 Å². The van der Waals surface area contributed by atoms with E-state index in [1.165, 1.54) is 12.1 Å². The van der Waals surface area contributed by atoms with Crippen LogP contribution in [0.1, 0.15) is 30.7 Å². The van der Waals surface area contributed by atoms with Gasteiger partial charge in [-0.05, 0) is 48.9 Å². The fourth-order valence-corrected chi connectivity index (χ4v) is 2.07. The fourth-order valence-electron chi connectivity index (χ4n) is 1.84. The van der Waals surface area contributed by atoms with E-state index in [0.29, 0.717) is 10.6 Å². The summed E-state index contributed by atoms with van der Waals surface area (Å²) in [5, 5.41) is 3.84. The molecule has 1 aromatic carbocycles. The van der Waals surface area contributed by atoms with Crippen molar-refractivity contribution in [2.45, 2.75) is 19.4 Å². The molecule has 1 heterocycles. The van der Waals surface area contributed by atoms with E-state index < -0.39 is 0 Å². The van der Waals surface area contributed by atoms with Crippen molar-refractivity contribution in [1.29, 1.82) is 0 Å². The Morgan fingerprint density at radius 3 is 2.89 bits per heavy atom. The van der Waals surface area contributed by atoms with Crippen molar-refractivity contribution in [2.75, 3.05) is 6.54 Å². The number of nitrogens with one attached hydrogen (secondary N) is 1. The van der Waals surface area contributed by atoms with Crippen molar-refractivity contribution in [3.8, 4) is 0 Å². The molecule has 2 nitrogen and oxygen atoms in total. The second-order valence-electron chi connectivity index (χ2n) is 4.07. The van der Waals surface area contributed by atoms with Crippen molar-refractivity contribution in [1.82, 2.24) is 5.32 Å². The number of hydrogen-bond acceptors (Lipinski definition) is 2. The van der Waals surface area contributed by atoms with Crippen LogP contribution in [0.3, 0.4) is 0 Å². The summed E-state index contributed by atoms with van der Waals surface area (Å²) in [7, 11) is 0. The number of furan rings is 1. The summed E-state index contributed by atoms with van der Waals surface area (Å²) in [4.78, 5) is 0. The SMILES string of the molecule is CCCNC(c1ccco1)c1cc(F)ccc1Cl. The third-order valence-corrected chi connectivity index (χ3v) is 3.04. The number of halogens is 2. The molecule has 0 amide bonds. The Labute approximate surface area is 111 Å². The first kappa shape index (κ1) is 13.1. The maximum Gasteiger partial charge on any atom is 0.125 e. The predicted octanol–water partition coefficient (Wildman–Crippen LogP) is 4.16. The van der Waals surface area contributed by atoms with Crippen LogP contribution in [0, 0.1) is 5.82 Å². The first-order valence-electron chi connectivity index (χ1n) is 5.94. The van der Waals surface area contributed by atoms with Gasteiger partial charge in [-0.15, -0.1) is 0 Å². The van der Waals surface area contributed by atoms with Crippen LogP contribution in [0.4, 0.5) is 4.39 Å². The van der Waals surface area contributed by atoms with Crippen molar-refractivity contribution in [3.63, 3.8) is 0 Å². The van der Waals surface area contributed by atoms with Crippen molar-refractivity contribution in [3.05, 3.63) is 58.8 Å². The van der Waals surface area contributed by atoms with E-state index in [4.69, 9.17) is 16.0 Å². The largest absolute Gasteiger partial charge is 0.467 e. The van der Waals surface area contributed by atoms with Gasteiger partial charge in [-0.25, -0.2) is 4.39 Å². The topological polar surface area (TPSA) is 25.2 Å². The van der Waals surface area contributed by atoms with E-state index in [1.807, 2.05) is 12.1 Å². The molecule has 0 bridgehead atoms. The highest BCUT2D eigenvalue weighted by atomic mass is 35.5. The second kappa shape index (κ2) is 6.03. The van der Waals surface area contributed by atoms with Crippen molar-refractivity contribution < 1.29 is 8.81 Å². The Kier molecular flexibility index (Phi) is 4.39. The van der Waals surface area contributed by atoms with Gasteiger partial charge in [0, 0.05) is 5.02 Å². The van der Waals surface area contributed by atoms with Gasteiger partial charge in [-0.2, -0.15) is 0 Å². The zero-order valence-electron chi connectivity index (χ0n) is 10.1. The summed E-state index contributed by atoms with van der Waals surface area (Å²) >= 11 is 6.14. The highest BCUT2D eigenvalue weighted by molar-refractivity contribution is 6.31. The standard InChI is InChI=1S/C14H15ClFNO/c1-2-7-17-14(13-4-3-8-18-13)11-9-10(16)5-6-12(11)15/h3-6,8-9,14,17H,2,7H2,1H3. The van der Waals surface area contributed by atoms with E-state index in [1.54, 1.807) is 12.3 Å². The normalized spacial score (nSPS) is 12.6. The van der Waals surface area contributed by atoms with Gasteiger partial charge >= 0.3 is 0 Å². The van der Waals surface area contributed by atoms with Crippen LogP contribution in [0.25, 0.3) is 0 Å². The molecule has 1 N–H and O–H groups in total. The molecule has 1 atom stereocenters. The van der Waals surface area contributed by atoms with E-state index in [-0.39, 0.29) is 11.9 Å². The molecular formula is C14H15ClFNO. The molecule has 1 aromatic heterocycles. The van der Waals surface area contributed by atoms with Gasteiger partial charge < -0.3 is 9.73 Å². The molecule has 0 radical (unpaired) electrons. The average molecular weight is 268 g/mol. The van der Waals surface area contributed by atoms with Crippen LogP contribution in [0.2, 0.25) is 5.02 Å². The lowest BCUT2D eigenvalue weighted by Gasteiger charge is -2.18.